The third kappa shape index (κ3) is 5.58. The van der Waals surface area contributed by atoms with Gasteiger partial charge in [-0.2, -0.15) is 5.10 Å². The van der Waals surface area contributed by atoms with Crippen LogP contribution in [0.2, 0.25) is 0 Å². The molecule has 1 N–H and O–H groups in total. The maximum absolute atomic E-state index is 12.2. The number of aromatic nitrogens is 5. The number of nitrogens with one attached hydrogen (secondary N) is 1. The number of carbonyl (C=O) groups is 1. The molecule has 0 spiro atoms. The number of hydrogen-bond acceptors (Lipinski definition) is 5. The van der Waals surface area contributed by atoms with Crippen molar-refractivity contribution in [1.82, 2.24) is 30.0 Å². The third-order valence-corrected chi connectivity index (χ3v) is 6.24. The Morgan fingerprint density at radius 1 is 1.12 bits per heavy atom. The second-order valence-electron chi connectivity index (χ2n) is 8.94. The van der Waals surface area contributed by atoms with Gasteiger partial charge in [-0.1, -0.05) is 19.9 Å². The lowest BCUT2D eigenvalue weighted by atomic mass is 9.79. The van der Waals surface area contributed by atoms with Gasteiger partial charge in [0.2, 0.25) is 5.91 Å². The van der Waals surface area contributed by atoms with Gasteiger partial charge in [0.1, 0.15) is 5.82 Å². The highest BCUT2D eigenvalue weighted by Gasteiger charge is 2.27. The van der Waals surface area contributed by atoms with Crippen molar-refractivity contribution in [3.63, 3.8) is 0 Å². The molecule has 0 saturated heterocycles. The van der Waals surface area contributed by atoms with E-state index in [0.29, 0.717) is 30.7 Å². The van der Waals surface area contributed by atoms with Gasteiger partial charge in [-0.05, 0) is 49.8 Å². The van der Waals surface area contributed by atoms with Gasteiger partial charge in [-0.3, -0.25) is 14.5 Å². The van der Waals surface area contributed by atoms with Crippen LogP contribution in [0, 0.1) is 5.92 Å². The van der Waals surface area contributed by atoms with Gasteiger partial charge in [0.15, 0.2) is 0 Å². The molecule has 0 aliphatic heterocycles. The van der Waals surface area contributed by atoms with Gasteiger partial charge in [0.25, 0.3) is 0 Å². The Morgan fingerprint density at radius 3 is 2.66 bits per heavy atom. The molecule has 4 rings (SSSR count). The molecule has 0 radical (unpaired) electrons. The van der Waals surface area contributed by atoms with E-state index >= 15 is 0 Å². The highest BCUT2D eigenvalue weighted by Crippen LogP contribution is 2.38. The van der Waals surface area contributed by atoms with Crippen LogP contribution >= 0.6 is 0 Å². The zero-order valence-electron chi connectivity index (χ0n) is 18.9. The van der Waals surface area contributed by atoms with Crippen molar-refractivity contribution >= 4 is 5.91 Å². The van der Waals surface area contributed by atoms with E-state index in [1.807, 2.05) is 42.9 Å². The average molecular weight is 433 g/mol. The maximum atomic E-state index is 12.2. The Morgan fingerprint density at radius 2 is 1.97 bits per heavy atom. The zero-order chi connectivity index (χ0) is 22.3. The van der Waals surface area contributed by atoms with Crippen LogP contribution in [0.5, 0.6) is 0 Å². The van der Waals surface area contributed by atoms with E-state index < -0.39 is 0 Å². The molecule has 7 nitrogen and oxygen atoms in total. The fraction of sp³-hybridized carbons (Fsp3) is 0.480. The molecule has 32 heavy (non-hydrogen) atoms. The summed E-state index contributed by atoms with van der Waals surface area (Å²) in [5.41, 5.74) is 3.11. The van der Waals surface area contributed by atoms with E-state index in [-0.39, 0.29) is 5.91 Å². The van der Waals surface area contributed by atoms with Gasteiger partial charge >= 0.3 is 0 Å². The Labute approximate surface area is 189 Å². The summed E-state index contributed by atoms with van der Waals surface area (Å²) in [7, 11) is 0. The Kier molecular flexibility index (Phi) is 7.24. The number of rotatable bonds is 8. The minimum Gasteiger partial charge on any atom is -0.356 e. The number of nitrogens with zero attached hydrogens (tertiary/aromatic N) is 5. The quantitative estimate of drug-likeness (QED) is 0.572. The fourth-order valence-electron chi connectivity index (χ4n) is 4.35. The molecule has 3 aromatic rings. The summed E-state index contributed by atoms with van der Waals surface area (Å²) in [4.78, 5) is 26.3. The smallest absolute Gasteiger partial charge is 0.221 e. The molecule has 7 heteroatoms. The standard InChI is InChI=1S/C25H32N6O/c1-18(2)25-28-17-21(22-6-3-4-12-26-22)24(30-25)20-9-7-19(8-10-20)16-27-23(32)11-15-31-14-5-13-29-31/h3-6,12-14,17-20H,7-11,15-16H2,1-2H3,(H,27,32). The number of hydrogen-bond donors (Lipinski definition) is 1. The van der Waals surface area contributed by atoms with E-state index in [0.717, 1.165) is 55.0 Å². The highest BCUT2D eigenvalue weighted by atomic mass is 16.1. The summed E-state index contributed by atoms with van der Waals surface area (Å²) >= 11 is 0. The molecule has 0 atom stereocenters. The monoisotopic (exact) mass is 432 g/mol. The van der Waals surface area contributed by atoms with Crippen molar-refractivity contribution in [2.24, 2.45) is 5.92 Å². The molecule has 1 saturated carbocycles. The second-order valence-corrected chi connectivity index (χ2v) is 8.94. The number of aryl methyl sites for hydroxylation is 1. The maximum Gasteiger partial charge on any atom is 0.221 e. The van der Waals surface area contributed by atoms with Crippen LogP contribution in [-0.2, 0) is 11.3 Å². The number of amides is 1. The topological polar surface area (TPSA) is 85.6 Å². The SMILES string of the molecule is CC(C)c1ncc(-c2ccccn2)c(C2CCC(CNC(=O)CCn3cccn3)CC2)n1. The van der Waals surface area contributed by atoms with Crippen LogP contribution in [-0.4, -0.2) is 37.2 Å². The minimum atomic E-state index is 0.0948. The van der Waals surface area contributed by atoms with Crippen molar-refractivity contribution in [2.45, 2.75) is 64.3 Å². The van der Waals surface area contributed by atoms with E-state index in [2.05, 4.69) is 34.2 Å². The molecule has 3 aromatic heterocycles. The molecule has 1 aliphatic carbocycles. The summed E-state index contributed by atoms with van der Waals surface area (Å²) < 4.78 is 1.79. The number of pyridine rings is 1. The summed E-state index contributed by atoms with van der Waals surface area (Å²) in [6, 6.07) is 7.84. The molecule has 0 unspecified atom stereocenters. The van der Waals surface area contributed by atoms with Crippen molar-refractivity contribution in [3.05, 3.63) is 60.6 Å². The molecule has 1 aliphatic rings. The molecular formula is C25H32N6O. The third-order valence-electron chi connectivity index (χ3n) is 6.24. The van der Waals surface area contributed by atoms with Crippen LogP contribution in [0.4, 0.5) is 0 Å². The highest BCUT2D eigenvalue weighted by molar-refractivity contribution is 5.75. The fourth-order valence-corrected chi connectivity index (χ4v) is 4.35. The molecule has 3 heterocycles. The second kappa shape index (κ2) is 10.5. The normalized spacial score (nSPS) is 18.6. The lowest BCUT2D eigenvalue weighted by Gasteiger charge is -2.29. The van der Waals surface area contributed by atoms with Crippen molar-refractivity contribution in [3.8, 4) is 11.3 Å². The molecular weight excluding hydrogens is 400 g/mol. The van der Waals surface area contributed by atoms with E-state index in [4.69, 9.17) is 4.98 Å². The lowest BCUT2D eigenvalue weighted by Crippen LogP contribution is -2.31. The molecule has 0 bridgehead atoms. The molecule has 0 aromatic carbocycles. The van der Waals surface area contributed by atoms with Crippen LogP contribution in [0.15, 0.2) is 49.1 Å². The zero-order valence-corrected chi connectivity index (χ0v) is 18.9. The predicted molar refractivity (Wildman–Crippen MR) is 124 cm³/mol. The lowest BCUT2D eigenvalue weighted by molar-refractivity contribution is -0.121. The van der Waals surface area contributed by atoms with Gasteiger partial charge in [-0.15, -0.1) is 0 Å². The van der Waals surface area contributed by atoms with Crippen LogP contribution in [0.3, 0.4) is 0 Å². The van der Waals surface area contributed by atoms with Crippen molar-refractivity contribution < 1.29 is 4.79 Å². The van der Waals surface area contributed by atoms with E-state index in [9.17, 15) is 4.79 Å². The molecule has 1 amide bonds. The van der Waals surface area contributed by atoms with Crippen molar-refractivity contribution in [2.75, 3.05) is 6.54 Å². The summed E-state index contributed by atoms with van der Waals surface area (Å²) in [6.45, 7) is 5.63. The first-order chi connectivity index (χ1) is 15.6. The molecule has 168 valence electrons. The largest absolute Gasteiger partial charge is 0.356 e. The van der Waals surface area contributed by atoms with Crippen LogP contribution < -0.4 is 5.32 Å². The van der Waals surface area contributed by atoms with Crippen molar-refractivity contribution in [1.29, 1.82) is 0 Å². The first-order valence-electron chi connectivity index (χ1n) is 11.6. The molecule has 1 fully saturated rings. The first kappa shape index (κ1) is 22.1. The Balaban J connectivity index is 1.35. The summed E-state index contributed by atoms with van der Waals surface area (Å²) in [5, 5.41) is 7.26. The Hall–Kier alpha value is -3.09. The predicted octanol–water partition coefficient (Wildman–Crippen LogP) is 4.34. The van der Waals surface area contributed by atoms with Gasteiger partial charge in [0.05, 0.1) is 11.4 Å². The van der Waals surface area contributed by atoms with Gasteiger partial charge in [0, 0.05) is 61.7 Å². The summed E-state index contributed by atoms with van der Waals surface area (Å²) in [6.07, 6.45) is 12.2. The Bertz CT molecular complexity index is 995. The van der Waals surface area contributed by atoms with E-state index in [1.165, 1.54) is 0 Å². The first-order valence-corrected chi connectivity index (χ1v) is 11.6. The van der Waals surface area contributed by atoms with Gasteiger partial charge < -0.3 is 5.32 Å². The summed E-state index contributed by atoms with van der Waals surface area (Å²) in [5.74, 6) is 2.20. The minimum absolute atomic E-state index is 0.0948. The van der Waals surface area contributed by atoms with Crippen LogP contribution in [0.25, 0.3) is 11.3 Å². The van der Waals surface area contributed by atoms with Gasteiger partial charge in [-0.25, -0.2) is 9.97 Å². The number of carbonyl (C=O) groups excluding carboxylic acids is 1. The van der Waals surface area contributed by atoms with E-state index in [1.54, 1.807) is 10.9 Å². The average Bonchev–Trinajstić information content (AvgIpc) is 3.36. The van der Waals surface area contributed by atoms with Crippen LogP contribution in [0.1, 0.15) is 69.3 Å².